The summed E-state index contributed by atoms with van der Waals surface area (Å²) in [6.07, 6.45) is 1.28. The first kappa shape index (κ1) is 18.0. The first-order valence-corrected chi connectivity index (χ1v) is 9.38. The van der Waals surface area contributed by atoms with Crippen LogP contribution < -0.4 is 16.8 Å². The van der Waals surface area contributed by atoms with Crippen LogP contribution in [0.25, 0.3) is 21.5 Å². The highest BCUT2D eigenvalue weighted by molar-refractivity contribution is 7.98. The summed E-state index contributed by atoms with van der Waals surface area (Å²) in [5.41, 5.74) is 13.6. The molecule has 0 atom stereocenters. The zero-order chi connectivity index (χ0) is 18.8. The molecule has 3 aromatic rings. The lowest BCUT2D eigenvalue weighted by atomic mass is 10.1. The summed E-state index contributed by atoms with van der Waals surface area (Å²) in [6, 6.07) is 7.06. The number of fused-ring (bicyclic) bond motifs is 1. The van der Waals surface area contributed by atoms with Gasteiger partial charge >= 0.3 is 6.09 Å². The van der Waals surface area contributed by atoms with Gasteiger partial charge in [0.15, 0.2) is 5.16 Å². The molecule has 1 aromatic carbocycles. The van der Waals surface area contributed by atoms with Crippen molar-refractivity contribution >= 4 is 56.7 Å². The van der Waals surface area contributed by atoms with Gasteiger partial charge in [-0.05, 0) is 18.4 Å². The van der Waals surface area contributed by atoms with Crippen molar-refractivity contribution in [3.8, 4) is 11.3 Å². The Hall–Kier alpha value is -2.85. The van der Waals surface area contributed by atoms with Crippen LogP contribution >= 0.6 is 23.1 Å². The summed E-state index contributed by atoms with van der Waals surface area (Å²) in [4.78, 5) is 32.9. The second-order valence-electron chi connectivity index (χ2n) is 5.15. The number of hydrogen-bond donors (Lipinski definition) is 3. The van der Waals surface area contributed by atoms with E-state index in [-0.39, 0.29) is 10.6 Å². The minimum absolute atomic E-state index is 0.248. The van der Waals surface area contributed by atoms with Gasteiger partial charge in [-0.15, -0.1) is 11.3 Å². The van der Waals surface area contributed by atoms with E-state index in [0.717, 1.165) is 11.3 Å². The highest BCUT2D eigenvalue weighted by Gasteiger charge is 2.21. The number of thiophene rings is 1. The van der Waals surface area contributed by atoms with E-state index >= 15 is 0 Å². The second kappa shape index (κ2) is 7.18. The lowest BCUT2D eigenvalue weighted by Crippen LogP contribution is -2.11. The zero-order valence-corrected chi connectivity index (χ0v) is 15.5. The van der Waals surface area contributed by atoms with E-state index in [1.54, 1.807) is 18.2 Å². The molecule has 0 aliphatic heterocycles. The van der Waals surface area contributed by atoms with Crippen molar-refractivity contribution in [2.24, 2.45) is 5.73 Å². The largest absolute Gasteiger partial charge is 0.453 e. The number of aromatic nitrogens is 2. The first-order chi connectivity index (χ1) is 12.4. The molecular formula is C16H15N5O3S2. The van der Waals surface area contributed by atoms with E-state index in [4.69, 9.17) is 11.5 Å². The van der Waals surface area contributed by atoms with Gasteiger partial charge in [0.25, 0.3) is 5.91 Å². The van der Waals surface area contributed by atoms with Crippen molar-refractivity contribution in [2.45, 2.75) is 5.16 Å². The standard InChI is InChI=1S/C16H15N5O3S2/c1-24-16(23)19-8-5-3-4-7(6-8)11-9-10(17)12(13(18)22)26-14(9)21-15(20-11)25-2/h3-6H,17H2,1-2H3,(H2,18,22)(H,19,23). The fraction of sp³-hybridized carbons (Fsp3) is 0.125. The number of ether oxygens (including phenoxy) is 1. The van der Waals surface area contributed by atoms with Crippen molar-refractivity contribution < 1.29 is 14.3 Å². The third-order valence-corrected chi connectivity index (χ3v) is 5.20. The van der Waals surface area contributed by atoms with E-state index in [2.05, 4.69) is 20.0 Å². The molecule has 0 fully saturated rings. The molecule has 8 nitrogen and oxygen atoms in total. The molecule has 0 bridgehead atoms. The molecule has 0 saturated heterocycles. The number of thioether (sulfide) groups is 1. The monoisotopic (exact) mass is 389 g/mol. The van der Waals surface area contributed by atoms with Gasteiger partial charge in [-0.2, -0.15) is 0 Å². The summed E-state index contributed by atoms with van der Waals surface area (Å²) in [5.74, 6) is -0.608. The van der Waals surface area contributed by atoms with Crippen LogP contribution in [0.5, 0.6) is 0 Å². The van der Waals surface area contributed by atoms with Gasteiger partial charge in [-0.3, -0.25) is 10.1 Å². The maximum Gasteiger partial charge on any atom is 0.411 e. The molecule has 2 aromatic heterocycles. The van der Waals surface area contributed by atoms with Gasteiger partial charge in [0.2, 0.25) is 0 Å². The fourth-order valence-electron chi connectivity index (χ4n) is 2.40. The van der Waals surface area contributed by atoms with Crippen LogP contribution in [0.2, 0.25) is 0 Å². The summed E-state index contributed by atoms with van der Waals surface area (Å²) < 4.78 is 4.61. The minimum atomic E-state index is -0.608. The lowest BCUT2D eigenvalue weighted by molar-refractivity contribution is 0.100. The van der Waals surface area contributed by atoms with Gasteiger partial charge in [0.1, 0.15) is 9.71 Å². The lowest BCUT2D eigenvalue weighted by Gasteiger charge is -2.09. The molecule has 0 unspecified atom stereocenters. The molecule has 0 saturated carbocycles. The Labute approximate surface area is 156 Å². The molecule has 26 heavy (non-hydrogen) atoms. The van der Waals surface area contributed by atoms with Gasteiger partial charge in [-0.1, -0.05) is 23.9 Å². The molecule has 5 N–H and O–H groups in total. The van der Waals surface area contributed by atoms with Crippen LogP contribution in [0, 0.1) is 0 Å². The predicted molar refractivity (Wildman–Crippen MR) is 104 cm³/mol. The van der Waals surface area contributed by atoms with Crippen molar-refractivity contribution in [3.63, 3.8) is 0 Å². The molecular weight excluding hydrogens is 374 g/mol. The van der Waals surface area contributed by atoms with Crippen molar-refractivity contribution in [1.82, 2.24) is 9.97 Å². The Kier molecular flexibility index (Phi) is 4.96. The molecule has 0 aliphatic carbocycles. The number of carbonyl (C=O) groups is 2. The third-order valence-electron chi connectivity index (χ3n) is 3.54. The van der Waals surface area contributed by atoms with Gasteiger partial charge in [0, 0.05) is 11.3 Å². The number of benzene rings is 1. The Balaban J connectivity index is 2.22. The van der Waals surface area contributed by atoms with Gasteiger partial charge in [-0.25, -0.2) is 14.8 Å². The molecule has 134 valence electrons. The minimum Gasteiger partial charge on any atom is -0.453 e. The van der Waals surface area contributed by atoms with Crippen LogP contribution in [0.3, 0.4) is 0 Å². The number of rotatable bonds is 4. The topological polar surface area (TPSA) is 133 Å². The van der Waals surface area contributed by atoms with E-state index in [1.165, 1.54) is 18.9 Å². The summed E-state index contributed by atoms with van der Waals surface area (Å²) >= 11 is 2.51. The summed E-state index contributed by atoms with van der Waals surface area (Å²) in [5, 5.41) is 3.71. The maximum atomic E-state index is 11.6. The van der Waals surface area contributed by atoms with E-state index in [9.17, 15) is 9.59 Å². The number of nitrogens with zero attached hydrogens (tertiary/aromatic N) is 2. The van der Waals surface area contributed by atoms with E-state index < -0.39 is 12.0 Å². The number of nitrogens with two attached hydrogens (primary N) is 2. The van der Waals surface area contributed by atoms with Crippen LogP contribution in [-0.2, 0) is 4.74 Å². The molecule has 0 radical (unpaired) electrons. The Morgan fingerprint density at radius 1 is 1.31 bits per heavy atom. The molecule has 3 rings (SSSR count). The number of amides is 2. The Morgan fingerprint density at radius 3 is 2.73 bits per heavy atom. The summed E-state index contributed by atoms with van der Waals surface area (Å²) in [7, 11) is 1.29. The normalized spacial score (nSPS) is 10.7. The molecule has 2 amide bonds. The van der Waals surface area contributed by atoms with Crippen molar-refractivity contribution in [3.05, 3.63) is 29.1 Å². The SMILES string of the molecule is COC(=O)Nc1cccc(-c2nc(SC)nc3sc(C(N)=O)c(N)c23)c1. The molecule has 0 spiro atoms. The Bertz CT molecular complexity index is 1020. The zero-order valence-electron chi connectivity index (χ0n) is 13.9. The number of primary amides is 1. The smallest absolute Gasteiger partial charge is 0.411 e. The first-order valence-electron chi connectivity index (χ1n) is 7.33. The number of methoxy groups -OCH3 is 1. The van der Waals surface area contributed by atoms with Crippen LogP contribution in [0.15, 0.2) is 29.4 Å². The highest BCUT2D eigenvalue weighted by atomic mass is 32.2. The Morgan fingerprint density at radius 2 is 2.08 bits per heavy atom. The quantitative estimate of drug-likeness (QED) is 0.461. The average molecular weight is 389 g/mol. The van der Waals surface area contributed by atoms with Gasteiger partial charge < -0.3 is 16.2 Å². The van der Waals surface area contributed by atoms with E-state index in [0.29, 0.717) is 32.3 Å². The van der Waals surface area contributed by atoms with Crippen molar-refractivity contribution in [1.29, 1.82) is 0 Å². The molecule has 2 heterocycles. The number of hydrogen-bond acceptors (Lipinski definition) is 8. The van der Waals surface area contributed by atoms with Crippen LogP contribution in [0.1, 0.15) is 9.67 Å². The van der Waals surface area contributed by atoms with Gasteiger partial charge in [0.05, 0.1) is 23.9 Å². The summed E-state index contributed by atoms with van der Waals surface area (Å²) in [6.45, 7) is 0. The van der Waals surface area contributed by atoms with Crippen molar-refractivity contribution in [2.75, 3.05) is 24.4 Å². The van der Waals surface area contributed by atoms with E-state index in [1.807, 2.05) is 12.3 Å². The van der Waals surface area contributed by atoms with Crippen LogP contribution in [0.4, 0.5) is 16.2 Å². The number of nitrogen functional groups attached to an aromatic ring is 1. The average Bonchev–Trinajstić information content (AvgIpc) is 2.98. The molecule has 0 aliphatic rings. The number of anilines is 2. The number of nitrogens with one attached hydrogen (secondary N) is 1. The highest BCUT2D eigenvalue weighted by Crippen LogP contribution is 2.39. The maximum absolute atomic E-state index is 11.6. The molecule has 10 heteroatoms. The number of carbonyl (C=O) groups excluding carboxylic acids is 2. The fourth-order valence-corrected chi connectivity index (χ4v) is 3.77. The second-order valence-corrected chi connectivity index (χ2v) is 6.92. The predicted octanol–water partition coefficient (Wildman–Crippen LogP) is 2.94. The third kappa shape index (κ3) is 3.28. The van der Waals surface area contributed by atoms with Crippen LogP contribution in [-0.4, -0.2) is 35.3 Å².